The monoisotopic (exact) mass is 474 g/mol. The Balaban J connectivity index is 0.00000306. The first-order valence-electron chi connectivity index (χ1n) is 10.1. The summed E-state index contributed by atoms with van der Waals surface area (Å²) in [6.45, 7) is 3.28. The van der Waals surface area contributed by atoms with Crippen molar-refractivity contribution < 1.29 is 13.9 Å². The number of carbonyl (C=O) groups excluding carboxylic acids is 1. The van der Waals surface area contributed by atoms with Crippen molar-refractivity contribution in [2.45, 2.75) is 6.42 Å². The van der Waals surface area contributed by atoms with E-state index in [1.165, 1.54) is 13.3 Å². The third-order valence-electron chi connectivity index (χ3n) is 5.00. The van der Waals surface area contributed by atoms with Gasteiger partial charge in [0.1, 0.15) is 11.4 Å². The first kappa shape index (κ1) is 24.1. The van der Waals surface area contributed by atoms with E-state index < -0.39 is 11.7 Å². The first-order valence-corrected chi connectivity index (χ1v) is 10.1. The maximum Gasteiger partial charge on any atom is 0.254 e. The van der Waals surface area contributed by atoms with Gasteiger partial charge < -0.3 is 26.0 Å². The number of aromatic nitrogens is 4. The molecule has 1 fully saturated rings. The Morgan fingerprint density at radius 1 is 1.18 bits per heavy atom. The zero-order valence-electron chi connectivity index (χ0n) is 17.9. The largest absolute Gasteiger partial charge is 0.494 e. The molecule has 174 valence electrons. The van der Waals surface area contributed by atoms with E-state index in [1.54, 1.807) is 18.2 Å². The number of para-hydroxylation sites is 1. The van der Waals surface area contributed by atoms with Crippen LogP contribution in [0.15, 0.2) is 36.8 Å². The number of ether oxygens (including phenoxy) is 1. The smallest absolute Gasteiger partial charge is 0.254 e. The molecule has 3 heterocycles. The van der Waals surface area contributed by atoms with E-state index in [-0.39, 0.29) is 23.8 Å². The Morgan fingerprint density at radius 3 is 2.70 bits per heavy atom. The van der Waals surface area contributed by atoms with Crippen molar-refractivity contribution in [3.8, 4) is 17.1 Å². The van der Waals surface area contributed by atoms with Gasteiger partial charge in [-0.15, -0.1) is 12.4 Å². The van der Waals surface area contributed by atoms with E-state index in [9.17, 15) is 9.18 Å². The fourth-order valence-electron chi connectivity index (χ4n) is 3.46. The van der Waals surface area contributed by atoms with Gasteiger partial charge in [0.05, 0.1) is 30.8 Å². The second-order valence-electron chi connectivity index (χ2n) is 7.12. The van der Waals surface area contributed by atoms with Crippen LogP contribution in [0.5, 0.6) is 5.75 Å². The molecule has 4 rings (SSSR count). The van der Waals surface area contributed by atoms with Crippen molar-refractivity contribution in [1.29, 1.82) is 0 Å². The molecule has 0 spiro atoms. The number of hydrogen-bond acceptors (Lipinski definition) is 9. The second-order valence-corrected chi connectivity index (χ2v) is 7.12. The van der Waals surface area contributed by atoms with E-state index in [0.29, 0.717) is 28.8 Å². The summed E-state index contributed by atoms with van der Waals surface area (Å²) in [7, 11) is 1.50. The lowest BCUT2D eigenvalue weighted by Crippen LogP contribution is -2.30. The predicted octanol–water partition coefficient (Wildman–Crippen LogP) is 2.15. The quantitative estimate of drug-likeness (QED) is 0.491. The van der Waals surface area contributed by atoms with Crippen LogP contribution < -0.4 is 26.0 Å². The number of nitrogens with two attached hydrogens (primary N) is 1. The number of amides is 1. The molecule has 33 heavy (non-hydrogen) atoms. The fourth-order valence-corrected chi connectivity index (χ4v) is 3.46. The number of primary amides is 1. The van der Waals surface area contributed by atoms with Gasteiger partial charge in [-0.25, -0.2) is 19.3 Å². The van der Waals surface area contributed by atoms with Crippen molar-refractivity contribution in [3.63, 3.8) is 0 Å². The van der Waals surface area contributed by atoms with Crippen molar-refractivity contribution in [2.24, 2.45) is 5.73 Å². The molecular weight excluding hydrogens is 451 g/mol. The highest BCUT2D eigenvalue weighted by Crippen LogP contribution is 2.36. The van der Waals surface area contributed by atoms with E-state index in [1.807, 2.05) is 0 Å². The summed E-state index contributed by atoms with van der Waals surface area (Å²) < 4.78 is 18.8. The molecule has 1 saturated heterocycles. The average molecular weight is 475 g/mol. The molecule has 0 radical (unpaired) electrons. The standard InChI is InChI=1S/C21H23FN8O2.ClH/c1-32-17-14(19-25-10-13(22)11-26-19)4-2-5-16(17)28-20-15(18(23)31)12-27-21(29-20)30-8-3-6-24-7-9-30;/h2,4-5,10-12,24H,3,6-9H2,1H3,(H2,23,31)(H,27,28,29);1H. The van der Waals surface area contributed by atoms with Crippen LogP contribution in [0.3, 0.4) is 0 Å². The van der Waals surface area contributed by atoms with Gasteiger partial charge in [0.2, 0.25) is 5.95 Å². The summed E-state index contributed by atoms with van der Waals surface area (Å²) in [5.74, 6) is 0.267. The average Bonchev–Trinajstić information content (AvgIpc) is 3.09. The van der Waals surface area contributed by atoms with Crippen LogP contribution in [-0.2, 0) is 0 Å². The topological polar surface area (TPSA) is 131 Å². The van der Waals surface area contributed by atoms with Crippen LogP contribution in [0.2, 0.25) is 0 Å². The molecule has 0 atom stereocenters. The molecule has 12 heteroatoms. The van der Waals surface area contributed by atoms with Gasteiger partial charge in [-0.05, 0) is 25.1 Å². The summed E-state index contributed by atoms with van der Waals surface area (Å²) >= 11 is 0. The van der Waals surface area contributed by atoms with Crippen LogP contribution >= 0.6 is 12.4 Å². The number of halogens is 2. The van der Waals surface area contributed by atoms with Gasteiger partial charge >= 0.3 is 0 Å². The molecule has 1 aliphatic rings. The minimum absolute atomic E-state index is 0. The van der Waals surface area contributed by atoms with Gasteiger partial charge in [0, 0.05) is 25.8 Å². The Hall–Kier alpha value is -3.57. The van der Waals surface area contributed by atoms with Crippen LogP contribution in [0.25, 0.3) is 11.4 Å². The molecule has 0 aliphatic carbocycles. The Morgan fingerprint density at radius 2 is 1.97 bits per heavy atom. The number of anilines is 3. The Labute approximate surface area is 196 Å². The molecule has 1 amide bonds. The molecule has 0 unspecified atom stereocenters. The molecule has 2 aromatic heterocycles. The van der Waals surface area contributed by atoms with Crippen molar-refractivity contribution in [3.05, 3.63) is 48.2 Å². The summed E-state index contributed by atoms with van der Waals surface area (Å²) in [5, 5.41) is 6.47. The van der Waals surface area contributed by atoms with Crippen LogP contribution in [0.1, 0.15) is 16.8 Å². The maximum atomic E-state index is 13.3. The third kappa shape index (κ3) is 5.44. The lowest BCUT2D eigenvalue weighted by molar-refractivity contribution is 0.100. The number of hydrogen-bond donors (Lipinski definition) is 3. The van der Waals surface area contributed by atoms with E-state index in [4.69, 9.17) is 10.5 Å². The number of methoxy groups -OCH3 is 1. The van der Waals surface area contributed by atoms with Gasteiger partial charge in [-0.1, -0.05) is 6.07 Å². The second kappa shape index (κ2) is 10.8. The molecule has 3 aromatic rings. The first-order chi connectivity index (χ1) is 15.6. The molecule has 4 N–H and O–H groups in total. The van der Waals surface area contributed by atoms with Gasteiger partial charge in [0.15, 0.2) is 17.4 Å². The molecule has 1 aromatic carbocycles. The lowest BCUT2D eigenvalue weighted by atomic mass is 10.1. The molecule has 1 aliphatic heterocycles. The zero-order chi connectivity index (χ0) is 22.5. The van der Waals surface area contributed by atoms with Crippen molar-refractivity contribution in [1.82, 2.24) is 25.3 Å². The molecular formula is C21H24ClFN8O2. The zero-order valence-corrected chi connectivity index (χ0v) is 18.7. The fraction of sp³-hybridized carbons (Fsp3) is 0.286. The van der Waals surface area contributed by atoms with Crippen LogP contribution in [0.4, 0.5) is 21.8 Å². The number of nitrogens with one attached hydrogen (secondary N) is 2. The number of benzene rings is 1. The van der Waals surface area contributed by atoms with Gasteiger partial charge in [-0.2, -0.15) is 4.98 Å². The van der Waals surface area contributed by atoms with Crippen LogP contribution in [0, 0.1) is 5.82 Å². The summed E-state index contributed by atoms with van der Waals surface area (Å²) in [6.07, 6.45) is 4.54. The highest BCUT2D eigenvalue weighted by molar-refractivity contribution is 5.98. The molecule has 0 bridgehead atoms. The van der Waals surface area contributed by atoms with E-state index >= 15 is 0 Å². The highest BCUT2D eigenvalue weighted by atomic mass is 35.5. The van der Waals surface area contributed by atoms with Crippen LogP contribution in [-0.4, -0.2) is 59.1 Å². The third-order valence-corrected chi connectivity index (χ3v) is 5.00. The number of nitrogens with zero attached hydrogens (tertiary/aromatic N) is 5. The van der Waals surface area contributed by atoms with Gasteiger partial charge in [0.25, 0.3) is 5.91 Å². The minimum Gasteiger partial charge on any atom is -0.494 e. The van der Waals surface area contributed by atoms with Crippen molar-refractivity contribution in [2.75, 3.05) is 43.5 Å². The normalized spacial score (nSPS) is 13.6. The van der Waals surface area contributed by atoms with Gasteiger partial charge in [-0.3, -0.25) is 4.79 Å². The molecule has 0 saturated carbocycles. The lowest BCUT2D eigenvalue weighted by Gasteiger charge is -2.21. The summed E-state index contributed by atoms with van der Waals surface area (Å²) in [4.78, 5) is 31.1. The Kier molecular flexibility index (Phi) is 7.91. The maximum absolute atomic E-state index is 13.3. The Bertz CT molecular complexity index is 1110. The van der Waals surface area contributed by atoms with E-state index in [0.717, 1.165) is 45.0 Å². The summed E-state index contributed by atoms with van der Waals surface area (Å²) in [6, 6.07) is 5.27. The number of carbonyl (C=O) groups is 1. The van der Waals surface area contributed by atoms with Crippen molar-refractivity contribution >= 4 is 35.8 Å². The molecule has 10 nitrogen and oxygen atoms in total. The SMILES string of the molecule is COc1c(Nc2nc(N3CCCNCC3)ncc2C(N)=O)cccc1-c1ncc(F)cn1.Cl. The number of rotatable bonds is 6. The predicted molar refractivity (Wildman–Crippen MR) is 125 cm³/mol. The summed E-state index contributed by atoms with van der Waals surface area (Å²) in [5.41, 5.74) is 6.77. The van der Waals surface area contributed by atoms with E-state index in [2.05, 4.69) is 35.5 Å². The minimum atomic E-state index is -0.659. The highest BCUT2D eigenvalue weighted by Gasteiger charge is 2.20.